The van der Waals surface area contributed by atoms with Gasteiger partial charge in [-0.25, -0.2) is 13.8 Å². The number of halogens is 2. The summed E-state index contributed by atoms with van der Waals surface area (Å²) in [6, 6.07) is 2.21. The van der Waals surface area contributed by atoms with Gasteiger partial charge in [-0.2, -0.15) is 0 Å². The highest BCUT2D eigenvalue weighted by Crippen LogP contribution is 2.35. The van der Waals surface area contributed by atoms with Crippen molar-refractivity contribution in [1.29, 1.82) is 0 Å². The topological polar surface area (TPSA) is 115 Å². The van der Waals surface area contributed by atoms with Gasteiger partial charge in [-0.3, -0.25) is 19.2 Å². The predicted octanol–water partition coefficient (Wildman–Crippen LogP) is 5.24. The molecular weight excluding hydrogens is 580 g/mol. The number of benzene rings is 1. The van der Waals surface area contributed by atoms with Crippen LogP contribution in [0.4, 0.5) is 8.78 Å². The molecule has 12 heteroatoms. The van der Waals surface area contributed by atoms with E-state index in [0.29, 0.717) is 29.3 Å². The first-order chi connectivity index (χ1) is 20.3. The Morgan fingerprint density at radius 2 is 1.74 bits per heavy atom. The SMILES string of the molecule is COC(=O)[C@@H](C)C[C@H](Cc1cc(F)cc(F)c1)NC(=O)c1csc([C@@H](CC(C(C)C)N(C)C(=O)CC2CC2)OC(C)=O)n1. The number of nitrogens with one attached hydrogen (secondary N) is 1. The van der Waals surface area contributed by atoms with Crippen molar-refractivity contribution >= 4 is 35.1 Å². The van der Waals surface area contributed by atoms with Crippen LogP contribution in [0.5, 0.6) is 0 Å². The van der Waals surface area contributed by atoms with E-state index in [1.807, 2.05) is 13.8 Å². The van der Waals surface area contributed by atoms with Gasteiger partial charge in [0, 0.05) is 50.3 Å². The van der Waals surface area contributed by atoms with Crippen LogP contribution in [0.1, 0.15) is 87.0 Å². The lowest BCUT2D eigenvalue weighted by atomic mass is 9.95. The minimum Gasteiger partial charge on any atom is -0.469 e. The van der Waals surface area contributed by atoms with Crippen LogP contribution in [0.15, 0.2) is 23.6 Å². The van der Waals surface area contributed by atoms with E-state index in [1.54, 1.807) is 18.9 Å². The third-order valence-electron chi connectivity index (χ3n) is 7.60. The predicted molar refractivity (Wildman–Crippen MR) is 157 cm³/mol. The fourth-order valence-electron chi connectivity index (χ4n) is 5.12. The summed E-state index contributed by atoms with van der Waals surface area (Å²) in [6.07, 6.45) is 2.37. The lowest BCUT2D eigenvalue weighted by Gasteiger charge is -2.33. The quantitative estimate of drug-likeness (QED) is 0.271. The molecule has 236 valence electrons. The maximum Gasteiger partial charge on any atom is 0.308 e. The van der Waals surface area contributed by atoms with Crippen molar-refractivity contribution in [2.75, 3.05) is 14.2 Å². The van der Waals surface area contributed by atoms with Crippen LogP contribution in [-0.4, -0.2) is 59.9 Å². The Labute approximate surface area is 255 Å². The maximum absolute atomic E-state index is 13.8. The maximum atomic E-state index is 13.8. The molecule has 1 N–H and O–H groups in total. The number of amides is 2. The van der Waals surface area contributed by atoms with Gasteiger partial charge in [0.15, 0.2) is 6.10 Å². The number of carbonyl (C=O) groups is 4. The standard InChI is InChI=1S/C31H41F2N3O6S/c1-17(2)26(36(5)28(38)13-20-7-8-20)15-27(42-19(4)37)30-35-25(16-43-30)29(39)34-24(9-18(3)31(40)41-6)12-21-10-22(32)14-23(33)11-21/h10-11,14,16-18,20,24,26-27H,7-9,12-13,15H2,1-6H3,(H,34,39)/t18-,24+,26?,27+/m0/s1. The monoisotopic (exact) mass is 621 g/mol. The molecule has 1 unspecified atom stereocenters. The third-order valence-corrected chi connectivity index (χ3v) is 8.53. The molecule has 0 bridgehead atoms. The fourth-order valence-corrected chi connectivity index (χ4v) is 5.96. The van der Waals surface area contributed by atoms with Gasteiger partial charge >= 0.3 is 11.9 Å². The zero-order chi connectivity index (χ0) is 31.8. The first-order valence-electron chi connectivity index (χ1n) is 14.5. The number of hydrogen-bond donors (Lipinski definition) is 1. The number of rotatable bonds is 15. The van der Waals surface area contributed by atoms with Crippen LogP contribution < -0.4 is 5.32 Å². The number of aromatic nitrogens is 1. The van der Waals surface area contributed by atoms with E-state index >= 15 is 0 Å². The minimum atomic E-state index is -0.780. The number of hydrogen-bond acceptors (Lipinski definition) is 8. The molecule has 0 aliphatic heterocycles. The van der Waals surface area contributed by atoms with Gasteiger partial charge in [0.2, 0.25) is 5.91 Å². The van der Waals surface area contributed by atoms with Gasteiger partial charge in [-0.1, -0.05) is 20.8 Å². The first kappa shape index (κ1) is 34.1. The van der Waals surface area contributed by atoms with E-state index < -0.39 is 47.5 Å². The number of thiazole rings is 1. The molecule has 0 spiro atoms. The summed E-state index contributed by atoms with van der Waals surface area (Å²) in [4.78, 5) is 56.5. The summed E-state index contributed by atoms with van der Waals surface area (Å²) in [6.45, 7) is 6.93. The largest absolute Gasteiger partial charge is 0.469 e. The molecule has 1 saturated carbocycles. The summed E-state index contributed by atoms with van der Waals surface area (Å²) in [7, 11) is 3.02. The lowest BCUT2D eigenvalue weighted by Crippen LogP contribution is -2.42. The molecule has 0 saturated heterocycles. The molecule has 1 heterocycles. The molecule has 3 rings (SSSR count). The number of nitrogens with zero attached hydrogens (tertiary/aromatic N) is 2. The van der Waals surface area contributed by atoms with Gasteiger partial charge in [0.05, 0.1) is 13.0 Å². The van der Waals surface area contributed by atoms with Gasteiger partial charge < -0.3 is 19.7 Å². The third kappa shape index (κ3) is 10.4. The van der Waals surface area contributed by atoms with Crippen molar-refractivity contribution in [2.45, 2.75) is 84.4 Å². The number of esters is 2. The Balaban J connectivity index is 1.79. The molecule has 1 aliphatic carbocycles. The molecule has 4 atom stereocenters. The molecule has 9 nitrogen and oxygen atoms in total. The molecular formula is C31H41F2N3O6S. The average Bonchev–Trinajstić information content (AvgIpc) is 3.59. The van der Waals surface area contributed by atoms with Crippen molar-refractivity contribution in [2.24, 2.45) is 17.8 Å². The van der Waals surface area contributed by atoms with Crippen LogP contribution in [0.3, 0.4) is 0 Å². The van der Waals surface area contributed by atoms with E-state index in [0.717, 1.165) is 30.2 Å². The smallest absolute Gasteiger partial charge is 0.308 e. The second kappa shape index (κ2) is 15.4. The molecule has 1 fully saturated rings. The Morgan fingerprint density at radius 1 is 1.09 bits per heavy atom. The molecule has 1 aliphatic rings. The van der Waals surface area contributed by atoms with Gasteiger partial charge in [0.1, 0.15) is 22.3 Å². The van der Waals surface area contributed by atoms with Crippen molar-refractivity contribution in [3.8, 4) is 0 Å². The van der Waals surface area contributed by atoms with Crippen molar-refractivity contribution in [1.82, 2.24) is 15.2 Å². The second-order valence-electron chi connectivity index (χ2n) is 11.7. The molecule has 1 aromatic heterocycles. The van der Waals surface area contributed by atoms with Crippen molar-refractivity contribution in [3.05, 3.63) is 51.5 Å². The van der Waals surface area contributed by atoms with Gasteiger partial charge in [-0.05, 0) is 55.2 Å². The molecule has 1 aromatic carbocycles. The van der Waals surface area contributed by atoms with Crippen LogP contribution in [0.25, 0.3) is 0 Å². The van der Waals surface area contributed by atoms with Crippen LogP contribution in [0, 0.1) is 29.4 Å². The highest BCUT2D eigenvalue weighted by atomic mass is 32.1. The molecule has 43 heavy (non-hydrogen) atoms. The Bertz CT molecular complexity index is 1280. The van der Waals surface area contributed by atoms with E-state index in [-0.39, 0.29) is 36.4 Å². The summed E-state index contributed by atoms with van der Waals surface area (Å²) in [5.41, 5.74) is 0.381. The number of ether oxygens (including phenoxy) is 2. The van der Waals surface area contributed by atoms with E-state index in [1.165, 1.54) is 31.5 Å². The van der Waals surface area contributed by atoms with Crippen molar-refractivity contribution in [3.63, 3.8) is 0 Å². The van der Waals surface area contributed by atoms with Gasteiger partial charge in [-0.15, -0.1) is 11.3 Å². The summed E-state index contributed by atoms with van der Waals surface area (Å²) < 4.78 is 38.1. The fraction of sp³-hybridized carbons (Fsp3) is 0.581. The Kier molecular flexibility index (Phi) is 12.2. The zero-order valence-electron chi connectivity index (χ0n) is 25.5. The van der Waals surface area contributed by atoms with E-state index in [2.05, 4.69) is 10.3 Å². The number of carbonyl (C=O) groups excluding carboxylic acids is 4. The molecule has 2 amide bonds. The molecule has 0 radical (unpaired) electrons. The van der Waals surface area contributed by atoms with Crippen LogP contribution in [-0.2, 0) is 30.3 Å². The van der Waals surface area contributed by atoms with Crippen LogP contribution in [0.2, 0.25) is 0 Å². The van der Waals surface area contributed by atoms with Crippen LogP contribution >= 0.6 is 11.3 Å². The van der Waals surface area contributed by atoms with Crippen molar-refractivity contribution < 1.29 is 37.4 Å². The minimum absolute atomic E-state index is 0.0485. The zero-order valence-corrected chi connectivity index (χ0v) is 26.3. The summed E-state index contributed by atoms with van der Waals surface area (Å²) in [5.74, 6) is -3.09. The van der Waals surface area contributed by atoms with Gasteiger partial charge in [0.25, 0.3) is 5.91 Å². The highest BCUT2D eigenvalue weighted by molar-refractivity contribution is 7.09. The number of methoxy groups -OCH3 is 1. The lowest BCUT2D eigenvalue weighted by molar-refractivity contribution is -0.148. The summed E-state index contributed by atoms with van der Waals surface area (Å²) >= 11 is 1.15. The normalized spacial score (nSPS) is 15.7. The first-order valence-corrected chi connectivity index (χ1v) is 15.4. The second-order valence-corrected chi connectivity index (χ2v) is 12.6. The summed E-state index contributed by atoms with van der Waals surface area (Å²) in [5, 5.41) is 4.77. The Hall–Kier alpha value is -3.41. The average molecular weight is 622 g/mol. The molecule has 2 aromatic rings. The highest BCUT2D eigenvalue weighted by Gasteiger charge is 2.33. The van der Waals surface area contributed by atoms with E-state index in [4.69, 9.17) is 9.47 Å². The van der Waals surface area contributed by atoms with E-state index in [9.17, 15) is 28.0 Å². The Morgan fingerprint density at radius 3 is 2.30 bits per heavy atom.